The van der Waals surface area contributed by atoms with Gasteiger partial charge in [-0.15, -0.1) is 0 Å². The van der Waals surface area contributed by atoms with E-state index in [0.29, 0.717) is 22.8 Å². The molecule has 4 aromatic rings. The summed E-state index contributed by atoms with van der Waals surface area (Å²) in [6.07, 6.45) is -1.17. The van der Waals surface area contributed by atoms with Gasteiger partial charge in [-0.05, 0) is 70.4 Å². The number of hydrogen-bond donors (Lipinski definition) is 1. The molecule has 0 spiro atoms. The van der Waals surface area contributed by atoms with Crippen molar-refractivity contribution in [1.82, 2.24) is 9.55 Å². The van der Waals surface area contributed by atoms with Crippen molar-refractivity contribution in [1.29, 1.82) is 0 Å². The highest BCUT2D eigenvalue weighted by Crippen LogP contribution is 2.42. The molecular formula is C29H31ClN2O3. The standard InChI is InChI=1S/C29H31ClN2O3/c1-17-19(3)32(16-20-10-8-7-9-11-20)27-23(17)25(21-12-14-22(30)15-13-21)24(18(2)31-27)26(28(33)34)35-29(4,5)6/h7-15,26H,16H2,1-6H3,(H,33,34). The van der Waals surface area contributed by atoms with Gasteiger partial charge in [0.1, 0.15) is 5.65 Å². The lowest BCUT2D eigenvalue weighted by Gasteiger charge is -2.28. The number of nitrogens with zero attached hydrogens (tertiary/aromatic N) is 2. The highest BCUT2D eigenvalue weighted by Gasteiger charge is 2.33. The molecule has 0 aliphatic carbocycles. The topological polar surface area (TPSA) is 64.4 Å². The van der Waals surface area contributed by atoms with Crippen molar-refractivity contribution in [3.05, 3.63) is 87.7 Å². The molecule has 4 rings (SSSR count). The largest absolute Gasteiger partial charge is 0.479 e. The second kappa shape index (κ2) is 9.48. The number of aliphatic carboxylic acids is 1. The average Bonchev–Trinajstić information content (AvgIpc) is 3.02. The van der Waals surface area contributed by atoms with Crippen molar-refractivity contribution >= 4 is 28.6 Å². The molecule has 5 nitrogen and oxygen atoms in total. The van der Waals surface area contributed by atoms with Crippen molar-refractivity contribution in [3.63, 3.8) is 0 Å². The summed E-state index contributed by atoms with van der Waals surface area (Å²) < 4.78 is 8.31. The maximum absolute atomic E-state index is 12.5. The zero-order chi connectivity index (χ0) is 25.5. The summed E-state index contributed by atoms with van der Waals surface area (Å²) in [6.45, 7) is 12.3. The van der Waals surface area contributed by atoms with Gasteiger partial charge in [0, 0.05) is 39.5 Å². The first kappa shape index (κ1) is 25.0. The Morgan fingerprint density at radius 1 is 1.06 bits per heavy atom. The molecule has 2 aromatic heterocycles. The molecule has 35 heavy (non-hydrogen) atoms. The van der Waals surface area contributed by atoms with Crippen LogP contribution >= 0.6 is 11.6 Å². The fourth-order valence-electron chi connectivity index (χ4n) is 4.58. The van der Waals surface area contributed by atoms with E-state index in [9.17, 15) is 9.90 Å². The van der Waals surface area contributed by atoms with Gasteiger partial charge in [-0.1, -0.05) is 54.1 Å². The quantitative estimate of drug-likeness (QED) is 0.308. The lowest BCUT2D eigenvalue weighted by molar-refractivity contribution is -0.160. The number of halogens is 1. The molecule has 0 saturated heterocycles. The third kappa shape index (κ3) is 4.97. The molecule has 0 saturated carbocycles. The van der Waals surface area contributed by atoms with E-state index in [1.807, 2.05) is 70.2 Å². The molecule has 0 aliphatic heterocycles. The summed E-state index contributed by atoms with van der Waals surface area (Å²) in [5.41, 5.74) is 6.40. The predicted molar refractivity (Wildman–Crippen MR) is 141 cm³/mol. The first-order valence-electron chi connectivity index (χ1n) is 11.7. The second-order valence-electron chi connectivity index (χ2n) is 9.92. The van der Waals surface area contributed by atoms with Gasteiger partial charge in [-0.3, -0.25) is 0 Å². The number of carboxylic acids is 1. The Hall–Kier alpha value is -3.15. The van der Waals surface area contributed by atoms with Crippen LogP contribution in [-0.4, -0.2) is 26.2 Å². The number of fused-ring (bicyclic) bond motifs is 1. The number of carbonyl (C=O) groups is 1. The van der Waals surface area contributed by atoms with Gasteiger partial charge in [0.25, 0.3) is 0 Å². The van der Waals surface area contributed by atoms with Crippen molar-refractivity contribution in [2.75, 3.05) is 0 Å². The minimum atomic E-state index is -1.17. The molecule has 1 N–H and O–H groups in total. The molecule has 6 heteroatoms. The fraction of sp³-hybridized carbons (Fsp3) is 0.310. The first-order chi connectivity index (χ1) is 16.5. The molecule has 2 aromatic carbocycles. The smallest absolute Gasteiger partial charge is 0.337 e. The molecule has 1 unspecified atom stereocenters. The van der Waals surface area contributed by atoms with Gasteiger partial charge in [0.2, 0.25) is 0 Å². The molecule has 0 amide bonds. The number of pyridine rings is 1. The van der Waals surface area contributed by atoms with Crippen molar-refractivity contribution in [3.8, 4) is 11.1 Å². The summed E-state index contributed by atoms with van der Waals surface area (Å²) in [5, 5.41) is 11.8. The van der Waals surface area contributed by atoms with Crippen molar-refractivity contribution < 1.29 is 14.6 Å². The van der Waals surface area contributed by atoms with Crippen LogP contribution in [0.5, 0.6) is 0 Å². The van der Waals surface area contributed by atoms with E-state index >= 15 is 0 Å². The van der Waals surface area contributed by atoms with Crippen LogP contribution in [0.3, 0.4) is 0 Å². The van der Waals surface area contributed by atoms with Crippen molar-refractivity contribution in [2.45, 2.75) is 59.8 Å². The molecule has 1 atom stereocenters. The fourth-order valence-corrected chi connectivity index (χ4v) is 4.70. The van der Waals surface area contributed by atoms with Crippen molar-refractivity contribution in [2.24, 2.45) is 0 Å². The van der Waals surface area contributed by atoms with Crippen LogP contribution in [0, 0.1) is 20.8 Å². The van der Waals surface area contributed by atoms with Gasteiger partial charge >= 0.3 is 5.97 Å². The monoisotopic (exact) mass is 490 g/mol. The summed E-state index contributed by atoms with van der Waals surface area (Å²) in [4.78, 5) is 17.5. The lowest BCUT2D eigenvalue weighted by Crippen LogP contribution is -2.28. The second-order valence-corrected chi connectivity index (χ2v) is 10.4. The zero-order valence-electron chi connectivity index (χ0n) is 21.0. The normalized spacial score (nSPS) is 12.8. The minimum absolute atomic E-state index is 0.571. The molecular weight excluding hydrogens is 460 g/mol. The number of ether oxygens (including phenoxy) is 1. The minimum Gasteiger partial charge on any atom is -0.479 e. The zero-order valence-corrected chi connectivity index (χ0v) is 21.8. The van der Waals surface area contributed by atoms with E-state index in [0.717, 1.165) is 33.4 Å². The summed E-state index contributed by atoms with van der Waals surface area (Å²) in [7, 11) is 0. The number of carboxylic acid groups (broad SMARTS) is 1. The number of aryl methyl sites for hydroxylation is 2. The Kier molecular flexibility index (Phi) is 6.76. The summed E-state index contributed by atoms with van der Waals surface area (Å²) in [5.74, 6) is -1.04. The van der Waals surface area contributed by atoms with Crippen LogP contribution in [-0.2, 0) is 16.1 Å². The summed E-state index contributed by atoms with van der Waals surface area (Å²) in [6, 6.07) is 17.8. The van der Waals surface area contributed by atoms with Crippen LogP contribution in [0.15, 0.2) is 54.6 Å². The molecule has 182 valence electrons. The van der Waals surface area contributed by atoms with Crippen LogP contribution in [0.2, 0.25) is 5.02 Å². The molecule has 0 bridgehead atoms. The molecule has 0 radical (unpaired) electrons. The van der Waals surface area contributed by atoms with E-state index in [-0.39, 0.29) is 0 Å². The van der Waals surface area contributed by atoms with Gasteiger partial charge < -0.3 is 14.4 Å². The third-order valence-corrected chi connectivity index (χ3v) is 6.51. The SMILES string of the molecule is Cc1nc2c(c(C)c(C)n2Cc2ccccc2)c(-c2ccc(Cl)cc2)c1C(OC(C)(C)C)C(=O)O. The summed E-state index contributed by atoms with van der Waals surface area (Å²) >= 11 is 6.20. The molecule has 0 aliphatic rings. The number of benzene rings is 2. The Bertz CT molecular complexity index is 1380. The van der Waals surface area contributed by atoms with Crippen LogP contribution in [0.4, 0.5) is 0 Å². The Morgan fingerprint density at radius 3 is 2.26 bits per heavy atom. The third-order valence-electron chi connectivity index (χ3n) is 6.26. The Balaban J connectivity index is 2.08. The van der Waals surface area contributed by atoms with E-state index in [2.05, 4.69) is 30.5 Å². The van der Waals surface area contributed by atoms with Crippen LogP contribution in [0.25, 0.3) is 22.2 Å². The van der Waals surface area contributed by atoms with E-state index < -0.39 is 17.7 Å². The Labute approximate surface area is 211 Å². The lowest BCUT2D eigenvalue weighted by atomic mass is 9.91. The van der Waals surface area contributed by atoms with Crippen LogP contribution < -0.4 is 0 Å². The maximum atomic E-state index is 12.5. The number of hydrogen-bond acceptors (Lipinski definition) is 3. The van der Waals surface area contributed by atoms with Gasteiger partial charge in [0.05, 0.1) is 5.60 Å². The van der Waals surface area contributed by atoms with Crippen LogP contribution in [0.1, 0.15) is 55.0 Å². The first-order valence-corrected chi connectivity index (χ1v) is 12.1. The molecule has 0 fully saturated rings. The highest BCUT2D eigenvalue weighted by molar-refractivity contribution is 6.30. The number of aromatic nitrogens is 2. The van der Waals surface area contributed by atoms with Gasteiger partial charge in [-0.2, -0.15) is 0 Å². The average molecular weight is 491 g/mol. The Morgan fingerprint density at radius 2 is 1.69 bits per heavy atom. The van der Waals surface area contributed by atoms with Gasteiger partial charge in [-0.25, -0.2) is 9.78 Å². The van der Waals surface area contributed by atoms with E-state index in [4.69, 9.17) is 21.3 Å². The maximum Gasteiger partial charge on any atom is 0.337 e. The van der Waals surface area contributed by atoms with E-state index in [1.165, 1.54) is 5.56 Å². The van der Waals surface area contributed by atoms with Gasteiger partial charge in [0.15, 0.2) is 6.10 Å². The van der Waals surface area contributed by atoms with E-state index in [1.54, 1.807) is 0 Å². The highest BCUT2D eigenvalue weighted by atomic mass is 35.5. The number of rotatable bonds is 6. The molecule has 2 heterocycles. The predicted octanol–water partition coefficient (Wildman–Crippen LogP) is 7.27.